The number of hydrogen-bond acceptors (Lipinski definition) is 6. The predicted octanol–water partition coefficient (Wildman–Crippen LogP) is 2.55. The summed E-state index contributed by atoms with van der Waals surface area (Å²) in [4.78, 5) is 13.3. The molecule has 2 aromatic heterocycles. The smallest absolute Gasteiger partial charge is 0.257 e. The Bertz CT molecular complexity index is 1020. The second-order valence-electron chi connectivity index (χ2n) is 5.44. The first kappa shape index (κ1) is 18.3. The van der Waals surface area contributed by atoms with Gasteiger partial charge in [0.1, 0.15) is 21.2 Å². The zero-order valence-electron chi connectivity index (χ0n) is 14.1. The van der Waals surface area contributed by atoms with E-state index < -0.39 is 10.0 Å². The van der Waals surface area contributed by atoms with Crippen molar-refractivity contribution in [2.75, 3.05) is 7.05 Å². The highest BCUT2D eigenvalue weighted by Gasteiger charge is 2.22. The summed E-state index contributed by atoms with van der Waals surface area (Å²) in [6, 6.07) is 12.5. The van der Waals surface area contributed by atoms with Crippen LogP contribution in [0.2, 0.25) is 0 Å². The van der Waals surface area contributed by atoms with E-state index in [1.165, 1.54) is 13.1 Å². The van der Waals surface area contributed by atoms with Gasteiger partial charge in [0.05, 0.1) is 6.54 Å². The summed E-state index contributed by atoms with van der Waals surface area (Å²) in [5.41, 5.74) is 1.63. The zero-order valence-corrected chi connectivity index (χ0v) is 15.8. The monoisotopic (exact) mass is 391 g/mol. The summed E-state index contributed by atoms with van der Waals surface area (Å²) < 4.78 is 31.2. The molecular formula is C17H17N3O4S2. The third kappa shape index (κ3) is 3.69. The molecule has 0 spiro atoms. The van der Waals surface area contributed by atoms with Gasteiger partial charge in [0.15, 0.2) is 0 Å². The Kier molecular flexibility index (Phi) is 5.21. The number of thiophene rings is 1. The number of nitrogens with one attached hydrogen (secondary N) is 2. The molecule has 3 rings (SSSR count). The summed E-state index contributed by atoms with van der Waals surface area (Å²) in [5.74, 6) is 0.0972. The summed E-state index contributed by atoms with van der Waals surface area (Å²) in [6.07, 6.45) is 0. The maximum absolute atomic E-state index is 12.6. The fraction of sp³-hybridized carbons (Fsp3) is 0.176. The van der Waals surface area contributed by atoms with E-state index in [2.05, 4.69) is 15.2 Å². The van der Waals surface area contributed by atoms with E-state index in [4.69, 9.17) is 4.52 Å². The summed E-state index contributed by atoms with van der Waals surface area (Å²) in [6.45, 7) is 1.89. The Morgan fingerprint density at radius 2 is 1.92 bits per heavy atom. The summed E-state index contributed by atoms with van der Waals surface area (Å²) in [5, 5.41) is 6.78. The Labute approximate surface area is 155 Å². The standard InChI is InChI=1S/C17H17N3O4S2/c1-11-15(16(20-24-11)12-6-4-3-5-7-12)17(21)19-10-13-8-9-14(25-13)26(22,23)18-2/h3-9,18H,10H2,1-2H3,(H,19,21). The molecule has 9 heteroatoms. The van der Waals surface area contributed by atoms with E-state index in [-0.39, 0.29) is 16.7 Å². The number of sulfonamides is 1. The predicted molar refractivity (Wildman–Crippen MR) is 98.4 cm³/mol. The number of benzene rings is 1. The van der Waals surface area contributed by atoms with Crippen molar-refractivity contribution in [3.8, 4) is 11.3 Å². The van der Waals surface area contributed by atoms with Crippen molar-refractivity contribution in [3.63, 3.8) is 0 Å². The number of carbonyl (C=O) groups is 1. The van der Waals surface area contributed by atoms with E-state index in [9.17, 15) is 13.2 Å². The lowest BCUT2D eigenvalue weighted by Gasteiger charge is -2.04. The van der Waals surface area contributed by atoms with Gasteiger partial charge in [-0.25, -0.2) is 13.1 Å². The number of aryl methyl sites for hydroxylation is 1. The van der Waals surface area contributed by atoms with Gasteiger partial charge in [0.2, 0.25) is 10.0 Å². The maximum Gasteiger partial charge on any atom is 0.257 e. The van der Waals surface area contributed by atoms with E-state index >= 15 is 0 Å². The lowest BCUT2D eigenvalue weighted by Crippen LogP contribution is -2.23. The van der Waals surface area contributed by atoms with Gasteiger partial charge in [0, 0.05) is 10.4 Å². The van der Waals surface area contributed by atoms with Crippen LogP contribution in [-0.2, 0) is 16.6 Å². The summed E-state index contributed by atoms with van der Waals surface area (Å²) >= 11 is 1.10. The van der Waals surface area contributed by atoms with Gasteiger partial charge in [-0.2, -0.15) is 0 Å². The number of aromatic nitrogens is 1. The topological polar surface area (TPSA) is 101 Å². The molecule has 1 aromatic carbocycles. The van der Waals surface area contributed by atoms with Crippen molar-refractivity contribution in [2.24, 2.45) is 0 Å². The molecule has 136 valence electrons. The Hall–Kier alpha value is -2.49. The molecule has 0 radical (unpaired) electrons. The molecule has 0 bridgehead atoms. The maximum atomic E-state index is 12.6. The van der Waals surface area contributed by atoms with Crippen LogP contribution in [0, 0.1) is 6.92 Å². The molecule has 0 unspecified atom stereocenters. The van der Waals surface area contributed by atoms with Crippen molar-refractivity contribution in [2.45, 2.75) is 17.7 Å². The van der Waals surface area contributed by atoms with Crippen LogP contribution in [-0.4, -0.2) is 26.5 Å². The van der Waals surface area contributed by atoms with Crippen molar-refractivity contribution >= 4 is 27.3 Å². The van der Waals surface area contributed by atoms with Crippen LogP contribution in [0.25, 0.3) is 11.3 Å². The van der Waals surface area contributed by atoms with E-state index in [1.54, 1.807) is 13.0 Å². The minimum Gasteiger partial charge on any atom is -0.360 e. The van der Waals surface area contributed by atoms with Crippen molar-refractivity contribution in [1.29, 1.82) is 0 Å². The molecular weight excluding hydrogens is 374 g/mol. The van der Waals surface area contributed by atoms with Crippen LogP contribution >= 0.6 is 11.3 Å². The van der Waals surface area contributed by atoms with Gasteiger partial charge in [0.25, 0.3) is 5.91 Å². The number of rotatable bonds is 6. The highest BCUT2D eigenvalue weighted by atomic mass is 32.2. The van der Waals surface area contributed by atoms with Gasteiger partial charge in [-0.3, -0.25) is 4.79 Å². The average molecular weight is 391 g/mol. The normalized spacial score (nSPS) is 11.5. The SMILES string of the molecule is CNS(=O)(=O)c1ccc(CNC(=O)c2c(-c3ccccc3)noc2C)s1. The van der Waals surface area contributed by atoms with Crippen LogP contribution in [0.15, 0.2) is 51.2 Å². The molecule has 0 aliphatic carbocycles. The van der Waals surface area contributed by atoms with Crippen molar-refractivity contribution < 1.29 is 17.7 Å². The quantitative estimate of drug-likeness (QED) is 0.672. The van der Waals surface area contributed by atoms with Gasteiger partial charge in [-0.15, -0.1) is 11.3 Å². The fourth-order valence-electron chi connectivity index (χ4n) is 2.39. The van der Waals surface area contributed by atoms with Crippen LogP contribution in [0.5, 0.6) is 0 Å². The molecule has 0 fully saturated rings. The lowest BCUT2D eigenvalue weighted by molar-refractivity contribution is 0.0950. The van der Waals surface area contributed by atoms with Gasteiger partial charge < -0.3 is 9.84 Å². The van der Waals surface area contributed by atoms with E-state index in [1.807, 2.05) is 30.3 Å². The lowest BCUT2D eigenvalue weighted by atomic mass is 10.1. The van der Waals surface area contributed by atoms with Crippen molar-refractivity contribution in [3.05, 3.63) is 58.7 Å². The number of amides is 1. The molecule has 0 saturated carbocycles. The molecule has 0 saturated heterocycles. The summed E-state index contributed by atoms with van der Waals surface area (Å²) in [7, 11) is -2.12. The minimum absolute atomic E-state index is 0.204. The Balaban J connectivity index is 1.77. The number of nitrogens with zero attached hydrogens (tertiary/aromatic N) is 1. The molecule has 26 heavy (non-hydrogen) atoms. The molecule has 0 aliphatic heterocycles. The van der Waals surface area contributed by atoms with Crippen LogP contribution in [0.1, 0.15) is 21.0 Å². The van der Waals surface area contributed by atoms with Crippen LogP contribution < -0.4 is 10.0 Å². The third-order valence-corrected chi connectivity index (χ3v) is 6.72. The largest absolute Gasteiger partial charge is 0.360 e. The molecule has 1 amide bonds. The Morgan fingerprint density at radius 1 is 1.19 bits per heavy atom. The first-order valence-corrected chi connectivity index (χ1v) is 10.0. The molecule has 0 atom stereocenters. The second kappa shape index (κ2) is 7.40. The number of carbonyl (C=O) groups excluding carboxylic acids is 1. The molecule has 7 nitrogen and oxygen atoms in total. The average Bonchev–Trinajstić information content (AvgIpc) is 3.27. The minimum atomic E-state index is -3.48. The highest BCUT2D eigenvalue weighted by molar-refractivity contribution is 7.91. The van der Waals surface area contributed by atoms with E-state index in [0.29, 0.717) is 17.0 Å². The first-order valence-electron chi connectivity index (χ1n) is 7.74. The van der Waals surface area contributed by atoms with E-state index in [0.717, 1.165) is 21.8 Å². The van der Waals surface area contributed by atoms with Crippen molar-refractivity contribution in [1.82, 2.24) is 15.2 Å². The first-order chi connectivity index (χ1) is 12.4. The van der Waals surface area contributed by atoms with Crippen LogP contribution in [0.3, 0.4) is 0 Å². The molecule has 2 N–H and O–H groups in total. The Morgan fingerprint density at radius 3 is 2.62 bits per heavy atom. The number of hydrogen-bond donors (Lipinski definition) is 2. The fourth-order valence-corrected chi connectivity index (χ4v) is 4.52. The highest BCUT2D eigenvalue weighted by Crippen LogP contribution is 2.25. The van der Waals surface area contributed by atoms with Crippen LogP contribution in [0.4, 0.5) is 0 Å². The molecule has 2 heterocycles. The molecule has 3 aromatic rings. The van der Waals surface area contributed by atoms with Gasteiger partial charge in [-0.05, 0) is 26.1 Å². The van der Waals surface area contributed by atoms with Gasteiger partial charge in [-0.1, -0.05) is 35.5 Å². The molecule has 0 aliphatic rings. The van der Waals surface area contributed by atoms with Gasteiger partial charge >= 0.3 is 0 Å². The zero-order chi connectivity index (χ0) is 18.7. The third-order valence-electron chi connectivity index (χ3n) is 3.73. The second-order valence-corrected chi connectivity index (χ2v) is 8.72.